The van der Waals surface area contributed by atoms with Gasteiger partial charge < -0.3 is 5.32 Å². The van der Waals surface area contributed by atoms with E-state index in [0.29, 0.717) is 5.56 Å². The Morgan fingerprint density at radius 1 is 1.22 bits per heavy atom. The van der Waals surface area contributed by atoms with Crippen LogP contribution in [0.25, 0.3) is 10.4 Å². The van der Waals surface area contributed by atoms with Crippen molar-refractivity contribution in [3.8, 4) is 10.4 Å². The summed E-state index contributed by atoms with van der Waals surface area (Å²) in [5.41, 5.74) is 0.331. The van der Waals surface area contributed by atoms with Crippen molar-refractivity contribution in [2.45, 2.75) is 19.4 Å². The molecule has 1 nitrogen and oxygen atoms in total. The van der Waals surface area contributed by atoms with Crippen molar-refractivity contribution in [1.29, 1.82) is 0 Å². The predicted octanol–water partition coefficient (Wildman–Crippen LogP) is 4.36. The van der Waals surface area contributed by atoms with Crippen LogP contribution in [-0.2, 0) is 0 Å². The Morgan fingerprint density at radius 2 is 2.00 bits per heavy atom. The highest BCUT2D eigenvalue weighted by Gasteiger charge is 2.13. The lowest BCUT2D eigenvalue weighted by Gasteiger charge is -2.10. The smallest absolute Gasteiger partial charge is 0.132 e. The van der Waals surface area contributed by atoms with E-state index in [0.717, 1.165) is 22.2 Å². The molecule has 0 fully saturated rings. The highest BCUT2D eigenvalue weighted by molar-refractivity contribution is 7.15. The molecule has 1 unspecified atom stereocenters. The van der Waals surface area contributed by atoms with Crippen LogP contribution in [0.15, 0.2) is 30.3 Å². The highest BCUT2D eigenvalue weighted by atomic mass is 32.1. The summed E-state index contributed by atoms with van der Waals surface area (Å²) in [6.45, 7) is 2.09. The van der Waals surface area contributed by atoms with E-state index in [2.05, 4.69) is 12.2 Å². The van der Waals surface area contributed by atoms with E-state index in [4.69, 9.17) is 0 Å². The van der Waals surface area contributed by atoms with Gasteiger partial charge in [-0.2, -0.15) is 0 Å². The van der Waals surface area contributed by atoms with Gasteiger partial charge in [0.1, 0.15) is 11.6 Å². The monoisotopic (exact) mass is 267 g/mol. The van der Waals surface area contributed by atoms with Crippen LogP contribution < -0.4 is 5.32 Å². The van der Waals surface area contributed by atoms with Gasteiger partial charge in [-0.05, 0) is 43.8 Å². The highest BCUT2D eigenvalue weighted by Crippen LogP contribution is 2.34. The molecule has 0 aliphatic carbocycles. The van der Waals surface area contributed by atoms with Crippen molar-refractivity contribution >= 4 is 11.3 Å². The largest absolute Gasteiger partial charge is 0.312 e. The van der Waals surface area contributed by atoms with Crippen molar-refractivity contribution in [3.05, 3.63) is 46.8 Å². The topological polar surface area (TPSA) is 12.0 Å². The lowest BCUT2D eigenvalue weighted by Crippen LogP contribution is -2.13. The molecule has 96 valence electrons. The van der Waals surface area contributed by atoms with Crippen molar-refractivity contribution in [2.75, 3.05) is 7.05 Å². The van der Waals surface area contributed by atoms with Crippen LogP contribution in [-0.4, -0.2) is 7.05 Å². The van der Waals surface area contributed by atoms with Crippen LogP contribution >= 0.6 is 11.3 Å². The molecule has 0 radical (unpaired) electrons. The summed E-state index contributed by atoms with van der Waals surface area (Å²) in [5, 5.41) is 3.20. The average Bonchev–Trinajstić information content (AvgIpc) is 2.83. The molecule has 0 bridgehead atoms. The Labute approximate surface area is 109 Å². The number of nitrogens with one attached hydrogen (secondary N) is 1. The fraction of sp³-hybridized carbons (Fsp3) is 0.286. The van der Waals surface area contributed by atoms with Gasteiger partial charge in [-0.1, -0.05) is 6.92 Å². The van der Waals surface area contributed by atoms with Crippen molar-refractivity contribution in [3.63, 3.8) is 0 Å². The van der Waals surface area contributed by atoms with Crippen LogP contribution in [0.1, 0.15) is 24.3 Å². The van der Waals surface area contributed by atoms with E-state index in [1.165, 1.54) is 23.5 Å². The minimum absolute atomic E-state index is 0.264. The molecule has 0 amide bonds. The number of halogens is 2. The molecule has 2 rings (SSSR count). The maximum absolute atomic E-state index is 13.7. The van der Waals surface area contributed by atoms with E-state index in [-0.39, 0.29) is 11.9 Å². The van der Waals surface area contributed by atoms with Gasteiger partial charge in [-0.25, -0.2) is 8.78 Å². The third-order valence-corrected chi connectivity index (χ3v) is 4.15. The molecule has 4 heteroatoms. The molecule has 0 saturated heterocycles. The molecule has 1 aromatic carbocycles. The van der Waals surface area contributed by atoms with Crippen LogP contribution in [0.2, 0.25) is 0 Å². The number of thiophene rings is 1. The lowest BCUT2D eigenvalue weighted by atomic mass is 10.1. The van der Waals surface area contributed by atoms with Crippen molar-refractivity contribution < 1.29 is 8.78 Å². The summed E-state index contributed by atoms with van der Waals surface area (Å²) < 4.78 is 26.8. The number of hydrogen-bond donors (Lipinski definition) is 1. The van der Waals surface area contributed by atoms with Gasteiger partial charge in [-0.15, -0.1) is 11.3 Å². The van der Waals surface area contributed by atoms with Gasteiger partial charge in [0.05, 0.1) is 0 Å². The van der Waals surface area contributed by atoms with Crippen LogP contribution in [0.3, 0.4) is 0 Å². The molecule has 1 heterocycles. The first-order valence-corrected chi connectivity index (χ1v) is 6.69. The maximum Gasteiger partial charge on any atom is 0.132 e. The molecule has 18 heavy (non-hydrogen) atoms. The second-order valence-corrected chi connectivity index (χ2v) is 5.19. The Kier molecular flexibility index (Phi) is 4.09. The number of hydrogen-bond acceptors (Lipinski definition) is 2. The molecule has 0 aliphatic heterocycles. The zero-order valence-electron chi connectivity index (χ0n) is 10.3. The molecule has 0 saturated carbocycles. The maximum atomic E-state index is 13.7. The summed E-state index contributed by atoms with van der Waals surface area (Å²) in [6.07, 6.45) is 0.960. The van der Waals surface area contributed by atoms with Gasteiger partial charge in [0.25, 0.3) is 0 Å². The Morgan fingerprint density at radius 3 is 2.67 bits per heavy atom. The normalized spacial score (nSPS) is 12.7. The van der Waals surface area contributed by atoms with E-state index >= 15 is 0 Å². The molecule has 1 N–H and O–H groups in total. The lowest BCUT2D eigenvalue weighted by molar-refractivity contribution is 0.586. The first kappa shape index (κ1) is 13.2. The summed E-state index contributed by atoms with van der Waals surface area (Å²) in [5.74, 6) is -0.802. The van der Waals surface area contributed by atoms with E-state index < -0.39 is 5.82 Å². The zero-order valence-corrected chi connectivity index (χ0v) is 11.2. The Bertz CT molecular complexity index is 532. The van der Waals surface area contributed by atoms with Crippen molar-refractivity contribution in [1.82, 2.24) is 5.32 Å². The van der Waals surface area contributed by atoms with E-state index in [1.54, 1.807) is 0 Å². The SMILES string of the molecule is CCC(NC)c1ccc(-c2cc(F)ccc2F)s1. The predicted molar refractivity (Wildman–Crippen MR) is 71.8 cm³/mol. The Hall–Kier alpha value is -1.26. The molecule has 0 spiro atoms. The standard InChI is InChI=1S/C14H15F2NS/c1-3-12(17-2)14-7-6-13(18-14)10-8-9(15)4-5-11(10)16/h4-8,12,17H,3H2,1-2H3. The van der Waals surface area contributed by atoms with Crippen LogP contribution in [0.4, 0.5) is 8.78 Å². The summed E-state index contributed by atoms with van der Waals surface area (Å²) in [4.78, 5) is 1.90. The molecule has 0 aliphatic rings. The average molecular weight is 267 g/mol. The first-order chi connectivity index (χ1) is 8.65. The minimum atomic E-state index is -0.415. The molecular weight excluding hydrogens is 252 g/mol. The summed E-state index contributed by atoms with van der Waals surface area (Å²) in [7, 11) is 1.90. The Balaban J connectivity index is 2.37. The number of benzene rings is 1. The molecule has 1 aromatic heterocycles. The third kappa shape index (κ3) is 2.60. The fourth-order valence-electron chi connectivity index (χ4n) is 1.92. The second kappa shape index (κ2) is 5.59. The van der Waals surface area contributed by atoms with Gasteiger partial charge >= 0.3 is 0 Å². The zero-order chi connectivity index (χ0) is 13.1. The van der Waals surface area contributed by atoms with E-state index in [9.17, 15) is 8.78 Å². The summed E-state index contributed by atoms with van der Waals surface area (Å²) in [6, 6.07) is 7.62. The molecule has 2 aromatic rings. The summed E-state index contributed by atoms with van der Waals surface area (Å²) >= 11 is 1.50. The third-order valence-electron chi connectivity index (χ3n) is 2.92. The van der Waals surface area contributed by atoms with Crippen LogP contribution in [0.5, 0.6) is 0 Å². The fourth-order valence-corrected chi connectivity index (χ4v) is 3.14. The molecule has 1 atom stereocenters. The van der Waals surface area contributed by atoms with Gasteiger partial charge in [0.15, 0.2) is 0 Å². The van der Waals surface area contributed by atoms with Crippen LogP contribution in [0, 0.1) is 11.6 Å². The second-order valence-electron chi connectivity index (χ2n) is 4.08. The minimum Gasteiger partial charge on any atom is -0.312 e. The van der Waals surface area contributed by atoms with Gasteiger partial charge in [0, 0.05) is 21.4 Å². The van der Waals surface area contributed by atoms with E-state index in [1.807, 2.05) is 19.2 Å². The molecular formula is C14H15F2NS. The van der Waals surface area contributed by atoms with Crippen molar-refractivity contribution in [2.24, 2.45) is 0 Å². The van der Waals surface area contributed by atoms with Gasteiger partial charge in [0.2, 0.25) is 0 Å². The quantitative estimate of drug-likeness (QED) is 0.867. The number of rotatable bonds is 4. The first-order valence-electron chi connectivity index (χ1n) is 5.88. The van der Waals surface area contributed by atoms with Gasteiger partial charge in [-0.3, -0.25) is 0 Å².